The van der Waals surface area contributed by atoms with Crippen molar-refractivity contribution < 1.29 is 13.2 Å². The van der Waals surface area contributed by atoms with Crippen LogP contribution in [0.15, 0.2) is 61.2 Å². The lowest BCUT2D eigenvalue weighted by Crippen LogP contribution is -2.04. The van der Waals surface area contributed by atoms with Crippen molar-refractivity contribution >= 4 is 0 Å². The number of benzene rings is 1. The van der Waals surface area contributed by atoms with Crippen molar-refractivity contribution in [3.63, 3.8) is 0 Å². The van der Waals surface area contributed by atoms with E-state index in [0.717, 1.165) is 17.8 Å². The number of hydrogen-bond donors (Lipinski definition) is 0. The van der Waals surface area contributed by atoms with Crippen LogP contribution in [0.3, 0.4) is 0 Å². The summed E-state index contributed by atoms with van der Waals surface area (Å²) in [5.74, 6) is 0. The lowest BCUT2D eigenvalue weighted by atomic mass is 10.1. The van der Waals surface area contributed by atoms with Gasteiger partial charge in [-0.1, -0.05) is 12.1 Å². The van der Waals surface area contributed by atoms with Gasteiger partial charge in [0.25, 0.3) is 0 Å². The molecule has 0 unspecified atom stereocenters. The summed E-state index contributed by atoms with van der Waals surface area (Å²) in [5.41, 5.74) is 1.16. The molecule has 0 aliphatic carbocycles. The highest BCUT2D eigenvalue weighted by molar-refractivity contribution is 5.63. The van der Waals surface area contributed by atoms with Crippen LogP contribution in [0.25, 0.3) is 16.8 Å². The van der Waals surface area contributed by atoms with Gasteiger partial charge < -0.3 is 0 Å². The maximum absolute atomic E-state index is 12.7. The Morgan fingerprint density at radius 3 is 2.52 bits per heavy atom. The molecule has 0 bridgehead atoms. The molecule has 0 N–H and O–H groups in total. The summed E-state index contributed by atoms with van der Waals surface area (Å²) in [5, 5.41) is 4.15. The second-order valence-electron chi connectivity index (χ2n) is 4.46. The number of aromatic nitrogens is 3. The first-order valence-corrected chi connectivity index (χ1v) is 6.17. The normalized spacial score (nSPS) is 11.6. The summed E-state index contributed by atoms with van der Waals surface area (Å²) < 4.78 is 39.7. The summed E-state index contributed by atoms with van der Waals surface area (Å²) in [6, 6.07) is 8.76. The Morgan fingerprint density at radius 2 is 1.81 bits per heavy atom. The van der Waals surface area contributed by atoms with Gasteiger partial charge in [0.05, 0.1) is 23.6 Å². The largest absolute Gasteiger partial charge is 0.416 e. The van der Waals surface area contributed by atoms with Crippen LogP contribution in [0.5, 0.6) is 0 Å². The predicted molar refractivity (Wildman–Crippen MR) is 71.8 cm³/mol. The molecule has 3 rings (SSSR count). The number of pyridine rings is 1. The van der Waals surface area contributed by atoms with Crippen LogP contribution < -0.4 is 0 Å². The third kappa shape index (κ3) is 2.79. The van der Waals surface area contributed by atoms with Crippen LogP contribution >= 0.6 is 0 Å². The molecule has 3 aromatic rings. The van der Waals surface area contributed by atoms with Crippen LogP contribution in [0.4, 0.5) is 13.2 Å². The first-order valence-electron chi connectivity index (χ1n) is 6.17. The molecule has 2 aromatic heterocycles. The van der Waals surface area contributed by atoms with Crippen LogP contribution in [-0.2, 0) is 6.18 Å². The Morgan fingerprint density at radius 1 is 0.952 bits per heavy atom. The van der Waals surface area contributed by atoms with E-state index in [-0.39, 0.29) is 0 Å². The summed E-state index contributed by atoms with van der Waals surface area (Å²) in [7, 11) is 0. The molecule has 2 heterocycles. The van der Waals surface area contributed by atoms with Gasteiger partial charge in [-0.15, -0.1) is 0 Å². The molecule has 6 heteroatoms. The fraction of sp³-hybridized carbons (Fsp3) is 0.0667. The quantitative estimate of drug-likeness (QED) is 0.715. The lowest BCUT2D eigenvalue weighted by molar-refractivity contribution is -0.137. The monoisotopic (exact) mass is 289 g/mol. The van der Waals surface area contributed by atoms with Crippen molar-refractivity contribution in [1.82, 2.24) is 14.8 Å². The highest BCUT2D eigenvalue weighted by atomic mass is 19.4. The van der Waals surface area contributed by atoms with Gasteiger partial charge in [-0.25, -0.2) is 4.68 Å². The summed E-state index contributed by atoms with van der Waals surface area (Å²) >= 11 is 0. The zero-order chi connectivity index (χ0) is 14.9. The van der Waals surface area contributed by atoms with Gasteiger partial charge in [0.15, 0.2) is 0 Å². The molecule has 0 radical (unpaired) electrons. The third-order valence-electron chi connectivity index (χ3n) is 3.02. The van der Waals surface area contributed by atoms with E-state index in [1.165, 1.54) is 12.3 Å². The molecular weight excluding hydrogens is 279 g/mol. The first kappa shape index (κ1) is 13.4. The Hall–Kier alpha value is -2.63. The van der Waals surface area contributed by atoms with E-state index >= 15 is 0 Å². The molecule has 0 amide bonds. The van der Waals surface area contributed by atoms with Gasteiger partial charge in [-0.05, 0) is 29.8 Å². The van der Waals surface area contributed by atoms with Gasteiger partial charge in [-0.3, -0.25) is 4.98 Å². The minimum atomic E-state index is -4.35. The predicted octanol–water partition coefficient (Wildman–Crippen LogP) is 3.95. The standard InChI is InChI=1S/C15H10F3N3/c16-15(17,18)13-4-1-3-11(7-13)12-8-20-21(10-12)14-5-2-6-19-9-14/h1-10H. The number of alkyl halides is 3. The molecule has 0 aliphatic rings. The molecule has 0 saturated carbocycles. The van der Waals surface area contributed by atoms with E-state index in [2.05, 4.69) is 10.1 Å². The van der Waals surface area contributed by atoms with Gasteiger partial charge in [0.1, 0.15) is 0 Å². The van der Waals surface area contributed by atoms with Crippen molar-refractivity contribution in [2.75, 3.05) is 0 Å². The second-order valence-corrected chi connectivity index (χ2v) is 4.46. The Balaban J connectivity index is 1.97. The Kier molecular flexibility index (Phi) is 3.21. The maximum Gasteiger partial charge on any atom is 0.416 e. The average Bonchev–Trinajstić information content (AvgIpc) is 2.97. The molecule has 106 valence electrons. The molecular formula is C15H10F3N3. The van der Waals surface area contributed by atoms with Crippen molar-refractivity contribution in [2.24, 2.45) is 0 Å². The molecule has 0 saturated heterocycles. The molecule has 21 heavy (non-hydrogen) atoms. The summed E-state index contributed by atoms with van der Waals surface area (Å²) in [6.45, 7) is 0. The van der Waals surface area contributed by atoms with E-state index in [4.69, 9.17) is 0 Å². The number of hydrogen-bond acceptors (Lipinski definition) is 2. The van der Waals surface area contributed by atoms with Crippen molar-refractivity contribution in [3.05, 3.63) is 66.7 Å². The highest BCUT2D eigenvalue weighted by Crippen LogP contribution is 2.32. The van der Waals surface area contributed by atoms with Gasteiger partial charge in [0.2, 0.25) is 0 Å². The molecule has 1 aromatic carbocycles. The average molecular weight is 289 g/mol. The molecule has 0 atom stereocenters. The maximum atomic E-state index is 12.7. The SMILES string of the molecule is FC(F)(F)c1cccc(-c2cnn(-c3cccnc3)c2)c1. The van der Waals surface area contributed by atoms with E-state index in [9.17, 15) is 13.2 Å². The Labute approximate surface area is 118 Å². The van der Waals surface area contributed by atoms with E-state index in [0.29, 0.717) is 11.1 Å². The van der Waals surface area contributed by atoms with Crippen LogP contribution in [0.1, 0.15) is 5.56 Å². The summed E-state index contributed by atoms with van der Waals surface area (Å²) in [6.07, 6.45) is 2.12. The smallest absolute Gasteiger partial charge is 0.262 e. The van der Waals surface area contributed by atoms with Crippen LogP contribution in [0, 0.1) is 0 Å². The molecule has 0 spiro atoms. The molecule has 3 nitrogen and oxygen atoms in total. The topological polar surface area (TPSA) is 30.7 Å². The second kappa shape index (κ2) is 5.05. The summed E-state index contributed by atoms with van der Waals surface area (Å²) in [4.78, 5) is 3.98. The van der Waals surface area contributed by atoms with E-state index in [1.54, 1.807) is 35.4 Å². The molecule has 0 fully saturated rings. The van der Waals surface area contributed by atoms with Crippen LogP contribution in [-0.4, -0.2) is 14.8 Å². The van der Waals surface area contributed by atoms with Gasteiger partial charge in [-0.2, -0.15) is 18.3 Å². The van der Waals surface area contributed by atoms with Crippen LogP contribution in [0.2, 0.25) is 0 Å². The number of halogens is 3. The third-order valence-corrected chi connectivity index (χ3v) is 3.02. The fourth-order valence-corrected chi connectivity index (χ4v) is 1.98. The minimum absolute atomic E-state index is 0.472. The van der Waals surface area contributed by atoms with Crippen molar-refractivity contribution in [1.29, 1.82) is 0 Å². The zero-order valence-electron chi connectivity index (χ0n) is 10.7. The van der Waals surface area contributed by atoms with Crippen molar-refractivity contribution in [3.8, 4) is 16.8 Å². The Bertz CT molecular complexity index is 748. The van der Waals surface area contributed by atoms with E-state index < -0.39 is 11.7 Å². The number of nitrogens with zero attached hydrogens (tertiary/aromatic N) is 3. The minimum Gasteiger partial charge on any atom is -0.262 e. The lowest BCUT2D eigenvalue weighted by Gasteiger charge is -2.07. The first-order chi connectivity index (χ1) is 10.0. The van der Waals surface area contributed by atoms with Gasteiger partial charge in [0, 0.05) is 18.0 Å². The fourth-order valence-electron chi connectivity index (χ4n) is 1.98. The highest BCUT2D eigenvalue weighted by Gasteiger charge is 2.30. The molecule has 0 aliphatic heterocycles. The van der Waals surface area contributed by atoms with Gasteiger partial charge >= 0.3 is 6.18 Å². The number of rotatable bonds is 2. The zero-order valence-corrected chi connectivity index (χ0v) is 10.7. The van der Waals surface area contributed by atoms with E-state index in [1.807, 2.05) is 6.07 Å². The van der Waals surface area contributed by atoms with Crippen molar-refractivity contribution in [2.45, 2.75) is 6.18 Å².